The van der Waals surface area contributed by atoms with E-state index < -0.39 is 52.6 Å². The summed E-state index contributed by atoms with van der Waals surface area (Å²) in [4.78, 5) is 23.2. The third-order valence-corrected chi connectivity index (χ3v) is 3.47. The van der Waals surface area contributed by atoms with Gasteiger partial charge in [-0.15, -0.1) is 0 Å². The first-order valence-electron chi connectivity index (χ1n) is 9.03. The van der Waals surface area contributed by atoms with E-state index in [1.54, 1.807) is 26.8 Å². The number of anilines is 1. The number of allylic oxidation sites excluding steroid dienone is 1. The van der Waals surface area contributed by atoms with Gasteiger partial charge in [0, 0.05) is 12.7 Å². The van der Waals surface area contributed by atoms with E-state index in [2.05, 4.69) is 20.5 Å². The standard InChI is InChI=1S/C19H19F5N4O4/c1-19(2,3)32-18(30)27-10-8-26-28(9-10)7-5-4-6-25-17(29)31-16-14(23)12(21)11(20)13(22)15(16)24/h4-5,8-9H,6-7H2,1-3H3,(H,25,29)(H,27,30)/b5-4+. The van der Waals surface area contributed by atoms with E-state index in [-0.39, 0.29) is 13.1 Å². The molecule has 0 unspecified atom stereocenters. The molecule has 0 saturated heterocycles. The van der Waals surface area contributed by atoms with Crippen molar-refractivity contribution in [1.29, 1.82) is 0 Å². The van der Waals surface area contributed by atoms with Crippen molar-refractivity contribution in [3.63, 3.8) is 0 Å². The van der Waals surface area contributed by atoms with E-state index in [0.29, 0.717) is 5.69 Å². The van der Waals surface area contributed by atoms with Gasteiger partial charge in [-0.1, -0.05) is 12.2 Å². The van der Waals surface area contributed by atoms with Crippen LogP contribution < -0.4 is 15.4 Å². The Kier molecular flexibility index (Phi) is 7.78. The molecule has 2 aromatic rings. The molecule has 2 rings (SSSR count). The minimum absolute atomic E-state index is 0.182. The molecule has 1 aromatic carbocycles. The summed E-state index contributed by atoms with van der Waals surface area (Å²) in [6.07, 6.45) is 3.78. The van der Waals surface area contributed by atoms with Crippen LogP contribution >= 0.6 is 0 Å². The zero-order chi connectivity index (χ0) is 24.1. The van der Waals surface area contributed by atoms with Crippen molar-refractivity contribution < 1.29 is 41.0 Å². The average molecular weight is 462 g/mol. The predicted molar refractivity (Wildman–Crippen MR) is 101 cm³/mol. The number of hydrogen-bond acceptors (Lipinski definition) is 5. The summed E-state index contributed by atoms with van der Waals surface area (Å²) in [5, 5.41) is 8.55. The molecule has 0 radical (unpaired) electrons. The summed E-state index contributed by atoms with van der Waals surface area (Å²) in [6.45, 7) is 5.19. The molecule has 0 aliphatic heterocycles. The van der Waals surface area contributed by atoms with Gasteiger partial charge >= 0.3 is 12.2 Å². The molecule has 1 aromatic heterocycles. The third-order valence-electron chi connectivity index (χ3n) is 3.47. The lowest BCUT2D eigenvalue weighted by Crippen LogP contribution is -2.28. The van der Waals surface area contributed by atoms with Gasteiger partial charge in [0.05, 0.1) is 18.4 Å². The number of carbonyl (C=O) groups excluding carboxylic acids is 2. The fourth-order valence-corrected chi connectivity index (χ4v) is 2.16. The summed E-state index contributed by atoms with van der Waals surface area (Å²) >= 11 is 0. The van der Waals surface area contributed by atoms with Crippen LogP contribution in [0, 0.1) is 29.1 Å². The summed E-state index contributed by atoms with van der Waals surface area (Å²) in [7, 11) is 0. The van der Waals surface area contributed by atoms with E-state index >= 15 is 0 Å². The first-order chi connectivity index (χ1) is 14.9. The van der Waals surface area contributed by atoms with Gasteiger partial charge in [0.1, 0.15) is 5.60 Å². The second-order valence-corrected chi connectivity index (χ2v) is 7.22. The second kappa shape index (κ2) is 10.1. The van der Waals surface area contributed by atoms with Gasteiger partial charge in [0.2, 0.25) is 34.8 Å². The largest absolute Gasteiger partial charge is 0.444 e. The number of aromatic nitrogens is 2. The van der Waals surface area contributed by atoms with Crippen molar-refractivity contribution in [2.45, 2.75) is 32.9 Å². The van der Waals surface area contributed by atoms with Crippen molar-refractivity contribution in [2.75, 3.05) is 11.9 Å². The fraction of sp³-hybridized carbons (Fsp3) is 0.316. The number of nitrogens with zero attached hydrogens (tertiary/aromatic N) is 2. The normalized spacial score (nSPS) is 11.5. The number of hydrogen-bond donors (Lipinski definition) is 2. The van der Waals surface area contributed by atoms with Gasteiger partial charge in [-0.3, -0.25) is 10.00 Å². The van der Waals surface area contributed by atoms with E-state index in [0.717, 1.165) is 0 Å². The minimum atomic E-state index is -2.36. The summed E-state index contributed by atoms with van der Waals surface area (Å²) < 4.78 is 76.8. The summed E-state index contributed by atoms with van der Waals surface area (Å²) in [6, 6.07) is 0. The zero-order valence-corrected chi connectivity index (χ0v) is 17.1. The van der Waals surface area contributed by atoms with Gasteiger partial charge < -0.3 is 14.8 Å². The lowest BCUT2D eigenvalue weighted by molar-refractivity contribution is 0.0636. The predicted octanol–water partition coefficient (Wildman–Crippen LogP) is 4.27. The third kappa shape index (κ3) is 6.68. The first kappa shape index (κ1) is 24.6. The van der Waals surface area contributed by atoms with Crippen LogP contribution in [-0.4, -0.2) is 34.1 Å². The zero-order valence-electron chi connectivity index (χ0n) is 17.1. The van der Waals surface area contributed by atoms with Crippen molar-refractivity contribution in [1.82, 2.24) is 15.1 Å². The summed E-state index contributed by atoms with van der Waals surface area (Å²) in [5.74, 6) is -13.1. The Morgan fingerprint density at radius 1 is 1.00 bits per heavy atom. The average Bonchev–Trinajstić information content (AvgIpc) is 3.13. The molecular weight excluding hydrogens is 443 g/mol. The smallest absolute Gasteiger partial charge is 0.413 e. The minimum Gasteiger partial charge on any atom is -0.444 e. The van der Waals surface area contributed by atoms with Crippen LogP contribution in [0.4, 0.5) is 37.2 Å². The molecule has 1 heterocycles. The van der Waals surface area contributed by atoms with E-state index in [1.165, 1.54) is 23.2 Å². The maximum Gasteiger partial charge on any atom is 0.413 e. The van der Waals surface area contributed by atoms with Crippen LogP contribution in [0.15, 0.2) is 24.5 Å². The molecule has 0 aliphatic rings. The van der Waals surface area contributed by atoms with Gasteiger partial charge in [-0.05, 0) is 20.8 Å². The Morgan fingerprint density at radius 2 is 1.59 bits per heavy atom. The number of amides is 2. The maximum absolute atomic E-state index is 13.5. The lowest BCUT2D eigenvalue weighted by atomic mass is 10.2. The highest BCUT2D eigenvalue weighted by Crippen LogP contribution is 2.29. The van der Waals surface area contributed by atoms with Crippen molar-refractivity contribution in [3.05, 3.63) is 53.6 Å². The van der Waals surface area contributed by atoms with Crippen molar-refractivity contribution in [2.24, 2.45) is 0 Å². The number of nitrogens with one attached hydrogen (secondary N) is 2. The number of benzene rings is 1. The molecule has 0 saturated carbocycles. The molecule has 0 fully saturated rings. The van der Waals surface area contributed by atoms with E-state index in [9.17, 15) is 31.5 Å². The van der Waals surface area contributed by atoms with Gasteiger partial charge in [-0.2, -0.15) is 13.9 Å². The quantitative estimate of drug-likeness (QED) is 0.289. The number of carbonyl (C=O) groups is 2. The lowest BCUT2D eigenvalue weighted by Gasteiger charge is -2.19. The SMILES string of the molecule is CC(C)(C)OC(=O)Nc1cnn(C/C=C/CNC(=O)Oc2c(F)c(F)c(F)c(F)c2F)c1. The van der Waals surface area contributed by atoms with Crippen LogP contribution in [0.5, 0.6) is 5.75 Å². The van der Waals surface area contributed by atoms with Crippen molar-refractivity contribution in [3.8, 4) is 5.75 Å². The molecule has 0 spiro atoms. The molecule has 174 valence electrons. The number of halogens is 5. The van der Waals surface area contributed by atoms with Crippen LogP contribution in [0.2, 0.25) is 0 Å². The van der Waals surface area contributed by atoms with Crippen LogP contribution in [-0.2, 0) is 11.3 Å². The Bertz CT molecular complexity index is 1000. The topological polar surface area (TPSA) is 94.5 Å². The second-order valence-electron chi connectivity index (χ2n) is 7.22. The number of ether oxygens (including phenoxy) is 2. The molecule has 2 amide bonds. The molecule has 0 bridgehead atoms. The summed E-state index contributed by atoms with van der Waals surface area (Å²) in [5.41, 5.74) is -0.273. The highest BCUT2D eigenvalue weighted by atomic mass is 19.2. The fourth-order valence-electron chi connectivity index (χ4n) is 2.16. The molecule has 0 aliphatic carbocycles. The van der Waals surface area contributed by atoms with Gasteiger partial charge in [0.15, 0.2) is 0 Å². The van der Waals surface area contributed by atoms with Gasteiger partial charge in [-0.25, -0.2) is 22.8 Å². The Balaban J connectivity index is 1.82. The maximum atomic E-state index is 13.5. The number of rotatable bonds is 6. The first-order valence-corrected chi connectivity index (χ1v) is 9.03. The van der Waals surface area contributed by atoms with Crippen molar-refractivity contribution >= 4 is 17.9 Å². The molecule has 0 atom stereocenters. The molecule has 13 heteroatoms. The Labute approximate surface area is 179 Å². The molecule has 8 nitrogen and oxygen atoms in total. The van der Waals surface area contributed by atoms with Gasteiger partial charge in [0.25, 0.3) is 0 Å². The molecule has 32 heavy (non-hydrogen) atoms. The van der Waals surface area contributed by atoms with Crippen LogP contribution in [0.3, 0.4) is 0 Å². The molecule has 2 N–H and O–H groups in total. The molecular formula is C19H19F5N4O4. The van der Waals surface area contributed by atoms with Crippen LogP contribution in [0.25, 0.3) is 0 Å². The highest BCUT2D eigenvalue weighted by Gasteiger charge is 2.28. The highest BCUT2D eigenvalue weighted by molar-refractivity contribution is 5.84. The monoisotopic (exact) mass is 462 g/mol. The van der Waals surface area contributed by atoms with Crippen LogP contribution in [0.1, 0.15) is 20.8 Å². The van der Waals surface area contributed by atoms with E-state index in [4.69, 9.17) is 4.74 Å². The Morgan fingerprint density at radius 3 is 2.19 bits per heavy atom. The Hall–Kier alpha value is -3.64. The van der Waals surface area contributed by atoms with E-state index in [1.807, 2.05) is 0 Å².